The molecule has 0 bridgehead atoms. The Morgan fingerprint density at radius 3 is 2.83 bits per heavy atom. The molecule has 7 nitrogen and oxygen atoms in total. The van der Waals surface area contributed by atoms with Gasteiger partial charge in [-0.15, -0.1) is 11.3 Å². The fourth-order valence-corrected chi connectivity index (χ4v) is 3.89. The first-order valence-electron chi connectivity index (χ1n) is 7.94. The van der Waals surface area contributed by atoms with E-state index in [9.17, 15) is 9.59 Å². The van der Waals surface area contributed by atoms with Crippen molar-refractivity contribution >= 4 is 29.0 Å². The van der Waals surface area contributed by atoms with E-state index >= 15 is 0 Å². The molecule has 8 heteroatoms. The molecule has 1 saturated heterocycles. The number of piperidine rings is 1. The quantitative estimate of drug-likeness (QED) is 0.819. The molecule has 1 aromatic heterocycles. The van der Waals surface area contributed by atoms with Crippen molar-refractivity contribution in [1.82, 2.24) is 14.9 Å². The molecule has 0 N–H and O–H groups in total. The molecular weight excluding hydrogens is 328 g/mol. The summed E-state index contributed by atoms with van der Waals surface area (Å²) in [6.07, 6.45) is 2.37. The van der Waals surface area contributed by atoms with E-state index in [2.05, 4.69) is 10.1 Å². The highest BCUT2D eigenvalue weighted by atomic mass is 32.1. The minimum Gasteiger partial charge on any atom is -0.444 e. The molecule has 1 aromatic rings. The van der Waals surface area contributed by atoms with Gasteiger partial charge in [-0.1, -0.05) is 0 Å². The average molecular weight is 350 g/mol. The summed E-state index contributed by atoms with van der Waals surface area (Å²) < 4.78 is 5.48. The molecular formula is C16H22N4O3S. The van der Waals surface area contributed by atoms with Crippen LogP contribution in [0.15, 0.2) is 16.7 Å². The third-order valence-corrected chi connectivity index (χ3v) is 4.97. The summed E-state index contributed by atoms with van der Waals surface area (Å²) in [5.41, 5.74) is -0.545. The normalized spacial score (nSPS) is 24.0. The Kier molecular flexibility index (Phi) is 4.11. The molecule has 130 valence electrons. The second-order valence-corrected chi connectivity index (χ2v) is 8.19. The number of hydrazone groups is 1. The van der Waals surface area contributed by atoms with E-state index in [1.807, 2.05) is 26.2 Å². The van der Waals surface area contributed by atoms with Crippen LogP contribution in [-0.4, -0.2) is 58.3 Å². The van der Waals surface area contributed by atoms with Crippen LogP contribution in [0.25, 0.3) is 0 Å². The van der Waals surface area contributed by atoms with E-state index < -0.39 is 11.0 Å². The summed E-state index contributed by atoms with van der Waals surface area (Å²) in [6, 6.07) is 0. The maximum atomic E-state index is 12.9. The number of hydrogen-bond acceptors (Lipinski definition) is 6. The molecule has 3 heterocycles. The number of thiazole rings is 1. The minimum absolute atomic E-state index is 0.0824. The number of aromatic nitrogens is 1. The summed E-state index contributed by atoms with van der Waals surface area (Å²) in [7, 11) is 1.66. The van der Waals surface area contributed by atoms with Gasteiger partial charge in [0.25, 0.3) is 5.91 Å². The summed E-state index contributed by atoms with van der Waals surface area (Å²) in [5, 5.41) is 8.56. The Morgan fingerprint density at radius 2 is 2.21 bits per heavy atom. The number of carbonyl (C=O) groups is 2. The van der Waals surface area contributed by atoms with Crippen LogP contribution >= 0.6 is 11.3 Å². The zero-order chi connectivity index (χ0) is 17.5. The Morgan fingerprint density at radius 1 is 1.46 bits per heavy atom. The molecule has 0 saturated carbocycles. The van der Waals surface area contributed by atoms with Gasteiger partial charge in [0.1, 0.15) is 11.0 Å². The van der Waals surface area contributed by atoms with Crippen molar-refractivity contribution in [2.45, 2.75) is 39.2 Å². The van der Waals surface area contributed by atoms with Gasteiger partial charge in [-0.25, -0.2) is 14.8 Å². The number of fused-ring (bicyclic) bond motifs is 1. The standard InChI is InChI=1S/C16H22N4O3S/c1-15(2,3)23-14(22)20-7-5-11-16(10-20,13(21)19(4)18-11)9-12-17-6-8-24-12/h6,8H,5,7,9-10H2,1-4H3/t16-/m1/s1. The Labute approximate surface area is 145 Å². The lowest BCUT2D eigenvalue weighted by atomic mass is 9.75. The smallest absolute Gasteiger partial charge is 0.410 e. The largest absolute Gasteiger partial charge is 0.444 e. The lowest BCUT2D eigenvalue weighted by Crippen LogP contribution is -2.56. The van der Waals surface area contributed by atoms with Crippen LogP contribution in [0.1, 0.15) is 32.2 Å². The van der Waals surface area contributed by atoms with Crippen LogP contribution in [-0.2, 0) is 16.0 Å². The second-order valence-electron chi connectivity index (χ2n) is 7.21. The molecule has 0 unspecified atom stereocenters. The Hall–Kier alpha value is -1.96. The predicted octanol–water partition coefficient (Wildman–Crippen LogP) is 2.14. The number of likely N-dealkylation sites (tertiary alicyclic amines) is 1. The molecule has 2 aliphatic heterocycles. The fourth-order valence-electron chi connectivity index (χ4n) is 3.16. The number of hydrogen-bond donors (Lipinski definition) is 0. The van der Waals surface area contributed by atoms with Gasteiger partial charge in [0.2, 0.25) is 0 Å². The van der Waals surface area contributed by atoms with Gasteiger partial charge in [0.05, 0.1) is 10.7 Å². The van der Waals surface area contributed by atoms with E-state index in [1.165, 1.54) is 16.3 Å². The number of ether oxygens (including phenoxy) is 1. The van der Waals surface area contributed by atoms with Crippen molar-refractivity contribution in [2.24, 2.45) is 10.5 Å². The average Bonchev–Trinajstić information content (AvgIpc) is 3.06. The van der Waals surface area contributed by atoms with Crippen LogP contribution in [0, 0.1) is 5.41 Å². The highest BCUT2D eigenvalue weighted by Gasteiger charge is 2.54. The Balaban J connectivity index is 1.87. The van der Waals surface area contributed by atoms with E-state index in [0.29, 0.717) is 19.4 Å². The zero-order valence-corrected chi connectivity index (χ0v) is 15.2. The van der Waals surface area contributed by atoms with Gasteiger partial charge in [0.15, 0.2) is 0 Å². The molecule has 0 spiro atoms. The van der Waals surface area contributed by atoms with Gasteiger partial charge >= 0.3 is 6.09 Å². The summed E-state index contributed by atoms with van der Waals surface area (Å²) >= 11 is 1.51. The van der Waals surface area contributed by atoms with E-state index in [-0.39, 0.29) is 18.5 Å². The third kappa shape index (κ3) is 3.02. The SMILES string of the molecule is CN1N=C2CCN(C(=O)OC(C)(C)C)C[C@@]2(Cc2nccs2)C1=O. The topological polar surface area (TPSA) is 75.1 Å². The molecule has 2 aliphatic rings. The van der Waals surface area contributed by atoms with Crippen LogP contribution in [0.4, 0.5) is 4.79 Å². The number of rotatable bonds is 2. The molecule has 1 atom stereocenters. The monoisotopic (exact) mass is 350 g/mol. The molecule has 0 aromatic carbocycles. The fraction of sp³-hybridized carbons (Fsp3) is 0.625. The maximum Gasteiger partial charge on any atom is 0.410 e. The van der Waals surface area contributed by atoms with Gasteiger partial charge in [-0.3, -0.25) is 4.79 Å². The van der Waals surface area contributed by atoms with Crippen molar-refractivity contribution in [2.75, 3.05) is 20.1 Å². The lowest BCUT2D eigenvalue weighted by molar-refractivity contribution is -0.135. The van der Waals surface area contributed by atoms with E-state index in [1.54, 1.807) is 18.1 Å². The summed E-state index contributed by atoms with van der Waals surface area (Å²) in [6.45, 7) is 6.29. The molecule has 0 radical (unpaired) electrons. The minimum atomic E-state index is -0.818. The number of amides is 2. The van der Waals surface area contributed by atoms with Crippen LogP contribution in [0.3, 0.4) is 0 Å². The van der Waals surface area contributed by atoms with Crippen LogP contribution < -0.4 is 0 Å². The number of nitrogens with zero attached hydrogens (tertiary/aromatic N) is 4. The highest BCUT2D eigenvalue weighted by molar-refractivity contribution is 7.09. The molecule has 2 amide bonds. The number of carbonyl (C=O) groups excluding carboxylic acids is 2. The van der Waals surface area contributed by atoms with Crippen molar-refractivity contribution < 1.29 is 14.3 Å². The van der Waals surface area contributed by atoms with Gasteiger partial charge in [-0.05, 0) is 20.8 Å². The van der Waals surface area contributed by atoms with E-state index in [0.717, 1.165) is 10.7 Å². The molecule has 0 aliphatic carbocycles. The lowest BCUT2D eigenvalue weighted by Gasteiger charge is -2.39. The van der Waals surface area contributed by atoms with Crippen molar-refractivity contribution in [3.05, 3.63) is 16.6 Å². The van der Waals surface area contributed by atoms with Crippen LogP contribution in [0.5, 0.6) is 0 Å². The third-order valence-electron chi connectivity index (χ3n) is 4.19. The first-order valence-corrected chi connectivity index (χ1v) is 8.82. The van der Waals surface area contributed by atoms with E-state index in [4.69, 9.17) is 4.74 Å². The van der Waals surface area contributed by atoms with Gasteiger partial charge in [0, 0.05) is 44.6 Å². The van der Waals surface area contributed by atoms with Crippen molar-refractivity contribution in [3.8, 4) is 0 Å². The van der Waals surface area contributed by atoms with Crippen molar-refractivity contribution in [1.29, 1.82) is 0 Å². The molecule has 24 heavy (non-hydrogen) atoms. The van der Waals surface area contributed by atoms with Gasteiger partial charge in [-0.2, -0.15) is 5.10 Å². The van der Waals surface area contributed by atoms with Crippen LogP contribution in [0.2, 0.25) is 0 Å². The molecule has 3 rings (SSSR count). The summed E-state index contributed by atoms with van der Waals surface area (Å²) in [4.78, 5) is 31.2. The maximum absolute atomic E-state index is 12.9. The Bertz CT molecular complexity index is 680. The van der Waals surface area contributed by atoms with Crippen molar-refractivity contribution in [3.63, 3.8) is 0 Å². The van der Waals surface area contributed by atoms with Gasteiger partial charge < -0.3 is 9.64 Å². The first kappa shape index (κ1) is 16.9. The summed E-state index contributed by atoms with van der Waals surface area (Å²) in [5.74, 6) is -0.0824. The first-order chi connectivity index (χ1) is 11.2. The predicted molar refractivity (Wildman–Crippen MR) is 90.9 cm³/mol. The zero-order valence-electron chi connectivity index (χ0n) is 14.4. The second kappa shape index (κ2) is 5.84. The highest BCUT2D eigenvalue weighted by Crippen LogP contribution is 2.38. The molecule has 1 fully saturated rings.